The molecule has 0 aliphatic heterocycles. The number of non-ortho nitro benzene ring substituents is 1. The van der Waals surface area contributed by atoms with E-state index in [1.807, 2.05) is 25.1 Å². The van der Waals surface area contributed by atoms with Crippen LogP contribution in [0.3, 0.4) is 0 Å². The Morgan fingerprint density at radius 2 is 1.79 bits per heavy atom. The number of halogens is 3. The monoisotopic (exact) mass is 509 g/mol. The average Bonchev–Trinajstić information content (AvgIpc) is 2.80. The van der Waals surface area contributed by atoms with Crippen LogP contribution in [-0.2, 0) is 13.2 Å². The van der Waals surface area contributed by atoms with Crippen molar-refractivity contribution in [2.75, 3.05) is 25.0 Å². The van der Waals surface area contributed by atoms with E-state index in [4.69, 9.17) is 21.1 Å². The van der Waals surface area contributed by atoms with Crippen molar-refractivity contribution in [1.82, 2.24) is 5.32 Å². The maximum absolute atomic E-state index is 14.0. The minimum absolute atomic E-state index is 0. The first-order valence-electron chi connectivity index (χ1n) is 10.5. The lowest BCUT2D eigenvalue weighted by Crippen LogP contribution is -2.22. The van der Waals surface area contributed by atoms with Gasteiger partial charge in [-0.05, 0) is 25.1 Å². The molecule has 7 nitrogen and oxygen atoms in total. The van der Waals surface area contributed by atoms with E-state index in [9.17, 15) is 14.5 Å². The SMILES string of the molecule is CCOc1cccc(CNCCNc2ccc([N+](=O)[O-])cc2Cl)c1OCc1ccccc1F.Cl. The Bertz CT molecular complexity index is 1100. The molecular formula is C24H26Cl2FN3O4. The van der Waals surface area contributed by atoms with Crippen LogP contribution in [0.2, 0.25) is 5.02 Å². The molecule has 2 N–H and O–H groups in total. The first kappa shape index (κ1) is 27.2. The topological polar surface area (TPSA) is 85.7 Å². The quantitative estimate of drug-likeness (QED) is 0.177. The number of hydrogen-bond acceptors (Lipinski definition) is 6. The summed E-state index contributed by atoms with van der Waals surface area (Å²) in [5.74, 6) is 0.854. The summed E-state index contributed by atoms with van der Waals surface area (Å²) >= 11 is 6.10. The molecule has 0 saturated carbocycles. The van der Waals surface area contributed by atoms with Crippen LogP contribution in [0.25, 0.3) is 0 Å². The fourth-order valence-corrected chi connectivity index (χ4v) is 3.41. The van der Waals surface area contributed by atoms with E-state index in [1.165, 1.54) is 18.2 Å². The Morgan fingerprint density at radius 1 is 1.03 bits per heavy atom. The van der Waals surface area contributed by atoms with Crippen LogP contribution < -0.4 is 20.1 Å². The zero-order chi connectivity index (χ0) is 23.6. The normalized spacial score (nSPS) is 10.3. The molecule has 0 aliphatic carbocycles. The van der Waals surface area contributed by atoms with E-state index in [0.29, 0.717) is 49.0 Å². The van der Waals surface area contributed by atoms with Crippen molar-refractivity contribution >= 4 is 35.4 Å². The zero-order valence-electron chi connectivity index (χ0n) is 18.6. The van der Waals surface area contributed by atoms with Crippen molar-refractivity contribution in [3.63, 3.8) is 0 Å². The second-order valence-electron chi connectivity index (χ2n) is 7.08. The van der Waals surface area contributed by atoms with Gasteiger partial charge in [-0.25, -0.2) is 4.39 Å². The van der Waals surface area contributed by atoms with Gasteiger partial charge in [0.05, 0.1) is 22.2 Å². The number of rotatable bonds is 12. The van der Waals surface area contributed by atoms with Crippen molar-refractivity contribution in [2.45, 2.75) is 20.1 Å². The Morgan fingerprint density at radius 3 is 2.50 bits per heavy atom. The zero-order valence-corrected chi connectivity index (χ0v) is 20.1. The highest BCUT2D eigenvalue weighted by Crippen LogP contribution is 2.32. The number of benzene rings is 3. The molecule has 0 unspecified atom stereocenters. The lowest BCUT2D eigenvalue weighted by Gasteiger charge is -2.17. The summed E-state index contributed by atoms with van der Waals surface area (Å²) in [6.07, 6.45) is 0. The molecule has 34 heavy (non-hydrogen) atoms. The van der Waals surface area contributed by atoms with Crippen molar-refractivity contribution in [3.8, 4) is 11.5 Å². The predicted octanol–water partition coefficient (Wildman–Crippen LogP) is 5.99. The fraction of sp³-hybridized carbons (Fsp3) is 0.250. The number of nitrogens with one attached hydrogen (secondary N) is 2. The van der Waals surface area contributed by atoms with E-state index < -0.39 is 4.92 Å². The Kier molecular flexibility index (Phi) is 10.9. The van der Waals surface area contributed by atoms with Crippen LogP contribution in [-0.4, -0.2) is 24.6 Å². The van der Waals surface area contributed by atoms with E-state index in [2.05, 4.69) is 10.6 Å². The Labute approximate surface area is 208 Å². The highest BCUT2D eigenvalue weighted by atomic mass is 35.5. The number of nitro groups is 1. The average molecular weight is 510 g/mol. The third kappa shape index (κ3) is 7.48. The summed E-state index contributed by atoms with van der Waals surface area (Å²) in [6, 6.07) is 16.4. The molecule has 0 aliphatic rings. The first-order chi connectivity index (χ1) is 16.0. The summed E-state index contributed by atoms with van der Waals surface area (Å²) in [6.45, 7) is 4.10. The molecule has 3 aromatic carbocycles. The predicted molar refractivity (Wildman–Crippen MR) is 134 cm³/mol. The lowest BCUT2D eigenvalue weighted by atomic mass is 10.1. The summed E-state index contributed by atoms with van der Waals surface area (Å²) in [4.78, 5) is 10.3. The molecule has 0 atom stereocenters. The van der Waals surface area contributed by atoms with Crippen molar-refractivity contribution < 1.29 is 18.8 Å². The molecule has 0 saturated heterocycles. The van der Waals surface area contributed by atoms with Gasteiger partial charge >= 0.3 is 0 Å². The molecule has 0 heterocycles. The second kappa shape index (κ2) is 13.6. The van der Waals surface area contributed by atoms with Crippen LogP contribution in [0.5, 0.6) is 11.5 Å². The fourth-order valence-electron chi connectivity index (χ4n) is 3.17. The van der Waals surface area contributed by atoms with Gasteiger partial charge in [-0.1, -0.05) is 41.9 Å². The van der Waals surface area contributed by atoms with Gasteiger partial charge < -0.3 is 20.1 Å². The molecule has 0 bridgehead atoms. The van der Waals surface area contributed by atoms with Gasteiger partial charge in [0.2, 0.25) is 0 Å². The lowest BCUT2D eigenvalue weighted by molar-refractivity contribution is -0.384. The summed E-state index contributed by atoms with van der Waals surface area (Å²) in [7, 11) is 0. The maximum Gasteiger partial charge on any atom is 0.271 e. The van der Waals surface area contributed by atoms with Gasteiger partial charge in [0.25, 0.3) is 5.69 Å². The van der Waals surface area contributed by atoms with Gasteiger partial charge in [-0.15, -0.1) is 12.4 Å². The van der Waals surface area contributed by atoms with Crippen LogP contribution >= 0.6 is 24.0 Å². The number of anilines is 1. The molecule has 10 heteroatoms. The van der Waals surface area contributed by atoms with E-state index in [0.717, 1.165) is 5.56 Å². The van der Waals surface area contributed by atoms with Crippen molar-refractivity contribution in [3.05, 3.63) is 92.7 Å². The number of nitrogens with zero attached hydrogens (tertiary/aromatic N) is 1. The second-order valence-corrected chi connectivity index (χ2v) is 7.49. The van der Waals surface area contributed by atoms with Gasteiger partial charge in [-0.2, -0.15) is 0 Å². The van der Waals surface area contributed by atoms with Crippen molar-refractivity contribution in [1.29, 1.82) is 0 Å². The molecule has 0 amide bonds. The Balaban J connectivity index is 0.00000408. The molecule has 0 aromatic heterocycles. The third-order valence-electron chi connectivity index (χ3n) is 4.79. The van der Waals surface area contributed by atoms with Gasteiger partial charge in [-0.3, -0.25) is 10.1 Å². The number of ether oxygens (including phenoxy) is 2. The number of para-hydroxylation sites is 1. The first-order valence-corrected chi connectivity index (χ1v) is 10.9. The summed E-state index contributed by atoms with van der Waals surface area (Å²) in [5.41, 5.74) is 1.91. The van der Waals surface area contributed by atoms with Gasteiger partial charge in [0, 0.05) is 42.9 Å². The maximum atomic E-state index is 14.0. The van der Waals surface area contributed by atoms with E-state index >= 15 is 0 Å². The molecule has 182 valence electrons. The van der Waals surface area contributed by atoms with Crippen LogP contribution in [0.15, 0.2) is 60.7 Å². The largest absolute Gasteiger partial charge is 0.490 e. The number of hydrogen-bond donors (Lipinski definition) is 2. The minimum Gasteiger partial charge on any atom is -0.490 e. The molecule has 0 spiro atoms. The van der Waals surface area contributed by atoms with Gasteiger partial charge in [0.1, 0.15) is 12.4 Å². The van der Waals surface area contributed by atoms with Gasteiger partial charge in [0.15, 0.2) is 11.5 Å². The van der Waals surface area contributed by atoms with Crippen LogP contribution in [0.4, 0.5) is 15.8 Å². The standard InChI is InChI=1S/C24H25ClFN3O4.ClH/c1-2-32-23-9-5-7-17(24(23)33-16-18-6-3-4-8-21(18)26)15-27-12-13-28-22-11-10-19(29(30)31)14-20(22)25;/h3-11,14,27-28H,2,12-13,15-16H2,1H3;1H. The summed E-state index contributed by atoms with van der Waals surface area (Å²) in [5, 5.41) is 17.6. The smallest absolute Gasteiger partial charge is 0.271 e. The number of nitro benzene ring substituents is 1. The molecule has 3 aromatic rings. The van der Waals surface area contributed by atoms with E-state index in [-0.39, 0.29) is 35.5 Å². The Hall–Kier alpha value is -3.07. The van der Waals surface area contributed by atoms with E-state index in [1.54, 1.807) is 24.3 Å². The molecule has 0 radical (unpaired) electrons. The van der Waals surface area contributed by atoms with Crippen molar-refractivity contribution in [2.24, 2.45) is 0 Å². The minimum atomic E-state index is -0.487. The molecular weight excluding hydrogens is 484 g/mol. The summed E-state index contributed by atoms with van der Waals surface area (Å²) < 4.78 is 25.7. The highest BCUT2D eigenvalue weighted by molar-refractivity contribution is 6.33. The molecule has 0 fully saturated rings. The third-order valence-corrected chi connectivity index (χ3v) is 5.10. The van der Waals surface area contributed by atoms with Crippen LogP contribution in [0.1, 0.15) is 18.1 Å². The molecule has 3 rings (SSSR count). The van der Waals surface area contributed by atoms with Crippen LogP contribution in [0, 0.1) is 15.9 Å². The highest BCUT2D eigenvalue weighted by Gasteiger charge is 2.13.